The molecule has 6 heteroatoms. The van der Waals surface area contributed by atoms with E-state index in [0.717, 1.165) is 5.56 Å². The van der Waals surface area contributed by atoms with Crippen LogP contribution in [0.4, 0.5) is 5.69 Å². The average molecular weight is 360 g/mol. The molecule has 2 aromatic carbocycles. The van der Waals surface area contributed by atoms with Crippen LogP contribution in [0.5, 0.6) is 0 Å². The molecule has 6 nitrogen and oxygen atoms in total. The molecule has 0 bridgehead atoms. The summed E-state index contributed by atoms with van der Waals surface area (Å²) in [5.74, 6) is -0.533. The second kappa shape index (κ2) is 8.62. The summed E-state index contributed by atoms with van der Waals surface area (Å²) in [6, 6.07) is 14.2. The molecule has 0 saturated heterocycles. The van der Waals surface area contributed by atoms with Gasteiger partial charge in [-0.05, 0) is 29.8 Å². The summed E-state index contributed by atoms with van der Waals surface area (Å²) in [6.45, 7) is 4.63. The van der Waals surface area contributed by atoms with Crippen LogP contribution in [0.2, 0.25) is 0 Å². The first kappa shape index (κ1) is 18.1. The number of benzene rings is 2. The van der Waals surface area contributed by atoms with Gasteiger partial charge in [0.1, 0.15) is 0 Å². The number of anilines is 1. The van der Waals surface area contributed by atoms with Gasteiger partial charge < -0.3 is 15.2 Å². The van der Waals surface area contributed by atoms with Crippen molar-refractivity contribution in [3.8, 4) is 0 Å². The van der Waals surface area contributed by atoms with Gasteiger partial charge in [-0.15, -0.1) is 6.58 Å². The first-order chi connectivity index (χ1) is 13.2. The monoisotopic (exact) mass is 360 g/mol. The van der Waals surface area contributed by atoms with Gasteiger partial charge in [-0.2, -0.15) is 0 Å². The lowest BCUT2D eigenvalue weighted by molar-refractivity contribution is 0.0959. The van der Waals surface area contributed by atoms with Crippen molar-refractivity contribution in [1.82, 2.24) is 14.9 Å². The van der Waals surface area contributed by atoms with Gasteiger partial charge in [-0.25, -0.2) is 4.98 Å². The number of para-hydroxylation sites is 1. The number of carbonyl (C=O) groups is 2. The lowest BCUT2D eigenvalue weighted by Crippen LogP contribution is -2.25. The van der Waals surface area contributed by atoms with Gasteiger partial charge in [-0.3, -0.25) is 9.59 Å². The highest BCUT2D eigenvalue weighted by Gasteiger charge is 2.13. The first-order valence-corrected chi connectivity index (χ1v) is 8.51. The molecule has 1 aromatic heterocycles. The largest absolute Gasteiger partial charge is 0.349 e. The molecule has 1 heterocycles. The highest BCUT2D eigenvalue weighted by atomic mass is 16.2. The SMILES string of the molecule is C=CCNC(=O)c1ccccc1NC(=O)c1ccc(Cn2ccnc2)cc1. The molecule has 0 aliphatic rings. The number of hydrogen-bond donors (Lipinski definition) is 2. The van der Waals surface area contributed by atoms with Gasteiger partial charge in [0.25, 0.3) is 11.8 Å². The molecule has 0 atom stereocenters. The molecule has 0 spiro atoms. The second-order valence-corrected chi connectivity index (χ2v) is 5.93. The van der Waals surface area contributed by atoms with Crippen LogP contribution in [0.15, 0.2) is 79.9 Å². The number of hydrogen-bond acceptors (Lipinski definition) is 3. The second-order valence-electron chi connectivity index (χ2n) is 5.93. The fraction of sp³-hybridized carbons (Fsp3) is 0.0952. The highest BCUT2D eigenvalue weighted by Crippen LogP contribution is 2.17. The summed E-state index contributed by atoms with van der Waals surface area (Å²) in [7, 11) is 0. The number of nitrogens with zero attached hydrogens (tertiary/aromatic N) is 2. The highest BCUT2D eigenvalue weighted by molar-refractivity contribution is 6.09. The van der Waals surface area contributed by atoms with E-state index < -0.39 is 0 Å². The lowest BCUT2D eigenvalue weighted by Gasteiger charge is -2.11. The third-order valence-corrected chi connectivity index (χ3v) is 3.97. The summed E-state index contributed by atoms with van der Waals surface area (Å²) in [5.41, 5.74) is 2.45. The zero-order valence-electron chi connectivity index (χ0n) is 14.8. The number of aromatic nitrogens is 2. The molecule has 3 aromatic rings. The van der Waals surface area contributed by atoms with E-state index in [1.807, 2.05) is 22.9 Å². The van der Waals surface area contributed by atoms with Crippen LogP contribution in [0.3, 0.4) is 0 Å². The van der Waals surface area contributed by atoms with Crippen molar-refractivity contribution in [3.05, 3.63) is 96.6 Å². The third kappa shape index (κ3) is 4.70. The average Bonchev–Trinajstić information content (AvgIpc) is 3.20. The Hall–Kier alpha value is -3.67. The van der Waals surface area contributed by atoms with Gasteiger partial charge in [-0.1, -0.05) is 30.3 Å². The van der Waals surface area contributed by atoms with E-state index in [1.165, 1.54) is 0 Å². The summed E-state index contributed by atoms with van der Waals surface area (Å²) in [6.07, 6.45) is 6.96. The molecule has 2 amide bonds. The normalized spacial score (nSPS) is 10.2. The van der Waals surface area contributed by atoms with Crippen molar-refractivity contribution >= 4 is 17.5 Å². The Morgan fingerprint density at radius 2 is 1.85 bits per heavy atom. The molecule has 2 N–H and O–H groups in total. The van der Waals surface area contributed by atoms with E-state index in [4.69, 9.17) is 0 Å². The maximum atomic E-state index is 12.6. The van der Waals surface area contributed by atoms with Crippen LogP contribution in [0.1, 0.15) is 26.3 Å². The molecular weight excluding hydrogens is 340 g/mol. The molecule has 0 aliphatic carbocycles. The summed E-state index contributed by atoms with van der Waals surface area (Å²) < 4.78 is 1.95. The quantitative estimate of drug-likeness (QED) is 0.636. The van der Waals surface area contributed by atoms with Crippen molar-refractivity contribution in [2.45, 2.75) is 6.54 Å². The Kier molecular flexibility index (Phi) is 5.79. The third-order valence-electron chi connectivity index (χ3n) is 3.97. The van der Waals surface area contributed by atoms with Crippen LogP contribution in [-0.4, -0.2) is 27.9 Å². The number of carbonyl (C=O) groups excluding carboxylic acids is 2. The van der Waals surface area contributed by atoms with Gasteiger partial charge in [0, 0.05) is 31.0 Å². The Bertz CT molecular complexity index is 931. The van der Waals surface area contributed by atoms with E-state index in [2.05, 4.69) is 22.2 Å². The van der Waals surface area contributed by atoms with Crippen LogP contribution in [0.25, 0.3) is 0 Å². The first-order valence-electron chi connectivity index (χ1n) is 8.51. The Balaban J connectivity index is 1.70. The Morgan fingerprint density at radius 3 is 2.56 bits per heavy atom. The molecule has 0 fully saturated rings. The molecule has 0 unspecified atom stereocenters. The minimum absolute atomic E-state index is 0.263. The van der Waals surface area contributed by atoms with E-state index in [-0.39, 0.29) is 11.8 Å². The fourth-order valence-electron chi connectivity index (χ4n) is 2.60. The zero-order chi connectivity index (χ0) is 19.1. The van der Waals surface area contributed by atoms with Crippen molar-refractivity contribution in [2.24, 2.45) is 0 Å². The fourth-order valence-corrected chi connectivity index (χ4v) is 2.60. The summed E-state index contributed by atoms with van der Waals surface area (Å²) >= 11 is 0. The molecule has 27 heavy (non-hydrogen) atoms. The molecular formula is C21H20N4O2. The van der Waals surface area contributed by atoms with Crippen molar-refractivity contribution in [2.75, 3.05) is 11.9 Å². The van der Waals surface area contributed by atoms with Crippen LogP contribution < -0.4 is 10.6 Å². The Morgan fingerprint density at radius 1 is 1.07 bits per heavy atom. The molecule has 136 valence electrons. The zero-order valence-corrected chi connectivity index (χ0v) is 14.8. The van der Waals surface area contributed by atoms with Gasteiger partial charge in [0.15, 0.2) is 0 Å². The molecule has 0 aliphatic heterocycles. The van der Waals surface area contributed by atoms with E-state index in [9.17, 15) is 9.59 Å². The van der Waals surface area contributed by atoms with Crippen LogP contribution >= 0.6 is 0 Å². The summed E-state index contributed by atoms with van der Waals surface area (Å²) in [4.78, 5) is 28.8. The maximum absolute atomic E-state index is 12.6. The topological polar surface area (TPSA) is 76.0 Å². The van der Waals surface area contributed by atoms with E-state index in [0.29, 0.717) is 29.9 Å². The van der Waals surface area contributed by atoms with Gasteiger partial charge in [0.05, 0.1) is 17.6 Å². The Labute approximate surface area is 157 Å². The van der Waals surface area contributed by atoms with Crippen molar-refractivity contribution in [1.29, 1.82) is 0 Å². The lowest BCUT2D eigenvalue weighted by atomic mass is 10.1. The standard InChI is InChI=1S/C21H20N4O2/c1-2-11-23-21(27)18-5-3-4-6-19(18)24-20(26)17-9-7-16(8-10-17)14-25-13-12-22-15-25/h2-10,12-13,15H,1,11,14H2,(H,23,27)(H,24,26). The number of nitrogens with one attached hydrogen (secondary N) is 2. The number of imidazole rings is 1. The predicted octanol–water partition coefficient (Wildman–Crippen LogP) is 3.10. The molecule has 0 saturated carbocycles. The van der Waals surface area contributed by atoms with Gasteiger partial charge >= 0.3 is 0 Å². The maximum Gasteiger partial charge on any atom is 0.255 e. The number of amides is 2. The van der Waals surface area contributed by atoms with Crippen LogP contribution in [0, 0.1) is 0 Å². The molecule has 0 radical (unpaired) electrons. The van der Waals surface area contributed by atoms with Gasteiger partial charge in [0.2, 0.25) is 0 Å². The van der Waals surface area contributed by atoms with Crippen molar-refractivity contribution < 1.29 is 9.59 Å². The molecule has 3 rings (SSSR count). The van der Waals surface area contributed by atoms with Crippen molar-refractivity contribution in [3.63, 3.8) is 0 Å². The predicted molar refractivity (Wildman–Crippen MR) is 105 cm³/mol. The van der Waals surface area contributed by atoms with E-state index in [1.54, 1.807) is 55.0 Å². The smallest absolute Gasteiger partial charge is 0.255 e. The number of rotatable bonds is 7. The van der Waals surface area contributed by atoms with Crippen LogP contribution in [-0.2, 0) is 6.54 Å². The van der Waals surface area contributed by atoms with E-state index >= 15 is 0 Å². The minimum atomic E-state index is -0.270. The summed E-state index contributed by atoms with van der Waals surface area (Å²) in [5, 5.41) is 5.52. The minimum Gasteiger partial charge on any atom is -0.349 e.